The number of anilines is 1. The number of aryl methyl sites for hydroxylation is 1. The van der Waals surface area contributed by atoms with E-state index in [1.165, 1.54) is 6.07 Å². The molecule has 1 aliphatic heterocycles. The lowest BCUT2D eigenvalue weighted by Crippen LogP contribution is -2.23. The van der Waals surface area contributed by atoms with Crippen LogP contribution in [0.2, 0.25) is 0 Å². The first kappa shape index (κ1) is 17.1. The summed E-state index contributed by atoms with van der Waals surface area (Å²) < 4.78 is 28.6. The van der Waals surface area contributed by atoms with Gasteiger partial charge in [0.25, 0.3) is 0 Å². The van der Waals surface area contributed by atoms with Gasteiger partial charge in [0.2, 0.25) is 15.9 Å². The van der Waals surface area contributed by atoms with Gasteiger partial charge in [-0.05, 0) is 54.3 Å². The number of hydrogen-bond acceptors (Lipinski definition) is 3. The van der Waals surface area contributed by atoms with E-state index in [0.717, 1.165) is 15.6 Å². The molecule has 0 bridgehead atoms. The zero-order valence-electron chi connectivity index (χ0n) is 12.9. The van der Waals surface area contributed by atoms with E-state index < -0.39 is 10.0 Å². The third-order valence-electron chi connectivity index (χ3n) is 3.89. The van der Waals surface area contributed by atoms with Crippen LogP contribution < -0.4 is 10.0 Å². The molecule has 0 saturated carbocycles. The summed E-state index contributed by atoms with van der Waals surface area (Å²) in [6, 6.07) is 12.3. The summed E-state index contributed by atoms with van der Waals surface area (Å²) in [5.41, 5.74) is 2.43. The van der Waals surface area contributed by atoms with Gasteiger partial charge in [0.05, 0.1) is 4.90 Å². The highest BCUT2D eigenvalue weighted by Gasteiger charge is 2.18. The lowest BCUT2D eigenvalue weighted by atomic mass is 10.1. The molecule has 0 atom stereocenters. The molecule has 2 aromatic carbocycles. The number of fused-ring (bicyclic) bond motifs is 1. The molecule has 5 nitrogen and oxygen atoms in total. The van der Waals surface area contributed by atoms with E-state index in [4.69, 9.17) is 0 Å². The van der Waals surface area contributed by atoms with Crippen molar-refractivity contribution >= 4 is 37.5 Å². The standard InChI is InChI=1S/C17H17BrN2O3S/c18-14-6-4-12(5-7-14)11-19-24(22,23)15-8-9-16-13(10-15)2-1-3-17(21)20-16/h4-10,19H,1-3,11H2,(H,20,21). The van der Waals surface area contributed by atoms with Gasteiger partial charge >= 0.3 is 0 Å². The Morgan fingerprint density at radius 3 is 2.58 bits per heavy atom. The van der Waals surface area contributed by atoms with E-state index in [2.05, 4.69) is 26.0 Å². The molecule has 7 heteroatoms. The lowest BCUT2D eigenvalue weighted by Gasteiger charge is -2.11. The van der Waals surface area contributed by atoms with Crippen LogP contribution >= 0.6 is 15.9 Å². The first-order valence-electron chi connectivity index (χ1n) is 7.61. The molecular formula is C17H17BrN2O3S. The van der Waals surface area contributed by atoms with Crippen molar-refractivity contribution in [2.45, 2.75) is 30.7 Å². The zero-order chi connectivity index (χ0) is 17.2. The van der Waals surface area contributed by atoms with Crippen molar-refractivity contribution < 1.29 is 13.2 Å². The zero-order valence-corrected chi connectivity index (χ0v) is 15.3. The van der Waals surface area contributed by atoms with Gasteiger partial charge < -0.3 is 5.32 Å². The number of nitrogens with one attached hydrogen (secondary N) is 2. The Balaban J connectivity index is 1.78. The normalized spacial score (nSPS) is 14.6. The maximum absolute atomic E-state index is 12.5. The van der Waals surface area contributed by atoms with E-state index >= 15 is 0 Å². The third kappa shape index (κ3) is 4.03. The van der Waals surface area contributed by atoms with E-state index in [-0.39, 0.29) is 17.3 Å². The van der Waals surface area contributed by atoms with Crippen LogP contribution in [0.1, 0.15) is 24.0 Å². The minimum absolute atomic E-state index is 0.0299. The molecule has 1 amide bonds. The fraction of sp³-hybridized carbons (Fsp3) is 0.235. The number of rotatable bonds is 4. The number of amides is 1. The minimum atomic E-state index is -3.60. The monoisotopic (exact) mass is 408 g/mol. The van der Waals surface area contributed by atoms with Crippen molar-refractivity contribution in [2.75, 3.05) is 5.32 Å². The molecule has 0 aromatic heterocycles. The van der Waals surface area contributed by atoms with Crippen LogP contribution in [-0.4, -0.2) is 14.3 Å². The van der Waals surface area contributed by atoms with Crippen LogP contribution in [0.5, 0.6) is 0 Å². The minimum Gasteiger partial charge on any atom is -0.326 e. The Bertz CT molecular complexity index is 864. The summed E-state index contributed by atoms with van der Waals surface area (Å²) in [5, 5.41) is 2.81. The van der Waals surface area contributed by atoms with Crippen molar-refractivity contribution in [3.8, 4) is 0 Å². The topological polar surface area (TPSA) is 75.3 Å². The average Bonchev–Trinajstić information content (AvgIpc) is 2.74. The van der Waals surface area contributed by atoms with Crippen LogP contribution in [-0.2, 0) is 27.8 Å². The molecule has 0 saturated heterocycles. The van der Waals surface area contributed by atoms with E-state index in [9.17, 15) is 13.2 Å². The Morgan fingerprint density at radius 2 is 1.83 bits per heavy atom. The molecule has 1 heterocycles. The highest BCUT2D eigenvalue weighted by Crippen LogP contribution is 2.25. The highest BCUT2D eigenvalue weighted by molar-refractivity contribution is 9.10. The van der Waals surface area contributed by atoms with Gasteiger partial charge in [-0.25, -0.2) is 13.1 Å². The summed E-state index contributed by atoms with van der Waals surface area (Å²) in [7, 11) is -3.60. The molecule has 0 radical (unpaired) electrons. The van der Waals surface area contributed by atoms with E-state index in [1.807, 2.05) is 24.3 Å². The first-order valence-corrected chi connectivity index (χ1v) is 9.88. The van der Waals surface area contributed by atoms with Crippen molar-refractivity contribution in [1.29, 1.82) is 0 Å². The number of sulfonamides is 1. The SMILES string of the molecule is O=C1CCCc2cc(S(=O)(=O)NCc3ccc(Br)cc3)ccc2N1. The summed E-state index contributed by atoms with van der Waals surface area (Å²) in [4.78, 5) is 11.8. The third-order valence-corrected chi connectivity index (χ3v) is 5.82. The maximum Gasteiger partial charge on any atom is 0.240 e. The molecular weight excluding hydrogens is 392 g/mol. The van der Waals surface area contributed by atoms with Gasteiger partial charge in [0, 0.05) is 23.1 Å². The molecule has 3 rings (SSSR count). The quantitative estimate of drug-likeness (QED) is 0.815. The summed E-state index contributed by atoms with van der Waals surface area (Å²) in [5.74, 6) is -0.0299. The molecule has 2 N–H and O–H groups in total. The molecule has 0 unspecified atom stereocenters. The van der Waals surface area contributed by atoms with E-state index in [1.54, 1.807) is 12.1 Å². The van der Waals surface area contributed by atoms with Crippen LogP contribution in [0.3, 0.4) is 0 Å². The number of carbonyl (C=O) groups is 1. The molecule has 24 heavy (non-hydrogen) atoms. The highest BCUT2D eigenvalue weighted by atomic mass is 79.9. The summed E-state index contributed by atoms with van der Waals surface area (Å²) in [6.07, 6.45) is 1.86. The van der Waals surface area contributed by atoms with Crippen LogP contribution in [0.15, 0.2) is 51.8 Å². The maximum atomic E-state index is 12.5. The van der Waals surface area contributed by atoms with Gasteiger partial charge in [0.15, 0.2) is 0 Å². The molecule has 0 aliphatic carbocycles. The van der Waals surface area contributed by atoms with Gasteiger partial charge in [-0.1, -0.05) is 28.1 Å². The van der Waals surface area contributed by atoms with Crippen molar-refractivity contribution in [2.24, 2.45) is 0 Å². The van der Waals surface area contributed by atoms with Crippen molar-refractivity contribution in [3.63, 3.8) is 0 Å². The Kier molecular flexibility index (Phi) is 5.03. The number of carbonyl (C=O) groups excluding carboxylic acids is 1. The Labute approximate surface area is 149 Å². The van der Waals surface area contributed by atoms with Gasteiger partial charge in [-0.15, -0.1) is 0 Å². The summed E-state index contributed by atoms with van der Waals surface area (Å²) >= 11 is 3.35. The average molecular weight is 409 g/mol. The molecule has 126 valence electrons. The van der Waals surface area contributed by atoms with Crippen LogP contribution in [0.25, 0.3) is 0 Å². The number of benzene rings is 2. The number of hydrogen-bond donors (Lipinski definition) is 2. The second kappa shape index (κ2) is 7.04. The molecule has 0 spiro atoms. The molecule has 0 fully saturated rings. The molecule has 1 aliphatic rings. The summed E-state index contributed by atoms with van der Waals surface area (Å²) in [6.45, 7) is 0.226. The van der Waals surface area contributed by atoms with Gasteiger partial charge in [-0.2, -0.15) is 0 Å². The predicted octanol–water partition coefficient (Wildman–Crippen LogP) is 3.20. The predicted molar refractivity (Wildman–Crippen MR) is 96.2 cm³/mol. The van der Waals surface area contributed by atoms with Crippen molar-refractivity contribution in [3.05, 3.63) is 58.1 Å². The lowest BCUT2D eigenvalue weighted by molar-refractivity contribution is -0.116. The first-order chi connectivity index (χ1) is 11.4. The van der Waals surface area contributed by atoms with E-state index in [0.29, 0.717) is 24.9 Å². The Hall–Kier alpha value is -1.70. The molecule has 2 aromatic rings. The van der Waals surface area contributed by atoms with Gasteiger partial charge in [-0.3, -0.25) is 4.79 Å². The second-order valence-electron chi connectivity index (χ2n) is 5.67. The second-order valence-corrected chi connectivity index (χ2v) is 8.35. The number of halogens is 1. The van der Waals surface area contributed by atoms with Crippen molar-refractivity contribution in [1.82, 2.24) is 4.72 Å². The van der Waals surface area contributed by atoms with Crippen LogP contribution in [0.4, 0.5) is 5.69 Å². The van der Waals surface area contributed by atoms with Crippen LogP contribution in [0, 0.1) is 0 Å². The Morgan fingerprint density at radius 1 is 1.08 bits per heavy atom. The fourth-order valence-electron chi connectivity index (χ4n) is 2.58. The smallest absolute Gasteiger partial charge is 0.240 e. The fourth-order valence-corrected chi connectivity index (χ4v) is 3.91. The van der Waals surface area contributed by atoms with Gasteiger partial charge in [0.1, 0.15) is 0 Å². The largest absolute Gasteiger partial charge is 0.326 e.